The molecule has 0 spiro atoms. The molecule has 0 unspecified atom stereocenters. The third-order valence-corrected chi connectivity index (χ3v) is 7.10. The number of aromatic nitrogens is 4. The number of nitrogens with zero attached hydrogens (tertiary/aromatic N) is 3. The highest BCUT2D eigenvalue weighted by molar-refractivity contribution is 8.00. The summed E-state index contributed by atoms with van der Waals surface area (Å²) in [4.78, 5) is 49.7. The molecule has 0 aliphatic heterocycles. The van der Waals surface area contributed by atoms with Crippen LogP contribution in [0.15, 0.2) is 32.8 Å². The van der Waals surface area contributed by atoms with Crippen LogP contribution in [0.25, 0.3) is 11.0 Å². The van der Waals surface area contributed by atoms with Crippen LogP contribution in [0.3, 0.4) is 0 Å². The Morgan fingerprint density at radius 2 is 1.97 bits per heavy atom. The predicted octanol–water partition coefficient (Wildman–Crippen LogP) is 4.12. The van der Waals surface area contributed by atoms with Crippen molar-refractivity contribution in [2.75, 3.05) is 5.32 Å². The number of carbonyl (C=O) groups is 1. The second-order valence-electron chi connectivity index (χ2n) is 8.09. The second kappa shape index (κ2) is 8.20. The van der Waals surface area contributed by atoms with Crippen LogP contribution in [-0.2, 0) is 4.79 Å². The highest BCUT2D eigenvalue weighted by Crippen LogP contribution is 2.41. The van der Waals surface area contributed by atoms with E-state index < -0.39 is 16.5 Å². The second-order valence-corrected chi connectivity index (χ2v) is 10.3. The molecular formula is C21H19Cl2N5O3S. The molecule has 1 atom stereocenters. The van der Waals surface area contributed by atoms with Crippen LogP contribution in [0, 0.1) is 0 Å². The number of hydrogen-bond acceptors (Lipinski definition) is 6. The van der Waals surface area contributed by atoms with Crippen LogP contribution in [-0.4, -0.2) is 30.7 Å². The molecule has 3 aromatic rings. The molecule has 2 heterocycles. The van der Waals surface area contributed by atoms with E-state index in [1.807, 2.05) is 0 Å². The minimum Gasteiger partial charge on any atom is -0.324 e. The maximum atomic E-state index is 12.8. The topological polar surface area (TPSA) is 110 Å². The zero-order valence-electron chi connectivity index (χ0n) is 17.0. The number of fused-ring (bicyclic) bond motifs is 1. The minimum absolute atomic E-state index is 0.0365. The number of rotatable bonds is 6. The minimum atomic E-state index is -0.590. The van der Waals surface area contributed by atoms with Gasteiger partial charge in [-0.25, -0.2) is 14.8 Å². The van der Waals surface area contributed by atoms with Crippen molar-refractivity contribution in [3.63, 3.8) is 0 Å². The molecule has 5 rings (SSSR count). The fraction of sp³-hybridized carbons (Fsp3) is 0.381. The monoisotopic (exact) mass is 491 g/mol. The lowest BCUT2D eigenvalue weighted by molar-refractivity contribution is -0.115. The molecule has 2 aliphatic carbocycles. The highest BCUT2D eigenvalue weighted by Gasteiger charge is 2.33. The SMILES string of the molecule is C[C@@H](Sc1nc(C2CC2)nc2c1c(=O)[nH]c(=O)n2C1CC1)C(=O)Nc1ccc(Cl)cc1Cl. The van der Waals surface area contributed by atoms with Crippen LogP contribution < -0.4 is 16.6 Å². The van der Waals surface area contributed by atoms with Gasteiger partial charge in [-0.3, -0.25) is 19.1 Å². The van der Waals surface area contributed by atoms with Crippen molar-refractivity contribution >= 4 is 57.6 Å². The molecule has 2 N–H and O–H groups in total. The van der Waals surface area contributed by atoms with Gasteiger partial charge in [0.2, 0.25) is 5.91 Å². The van der Waals surface area contributed by atoms with Crippen molar-refractivity contribution < 1.29 is 4.79 Å². The molecule has 2 saturated carbocycles. The van der Waals surface area contributed by atoms with E-state index in [0.717, 1.165) is 37.4 Å². The van der Waals surface area contributed by atoms with E-state index in [9.17, 15) is 14.4 Å². The number of benzene rings is 1. The average Bonchev–Trinajstić information content (AvgIpc) is 3.62. The summed E-state index contributed by atoms with van der Waals surface area (Å²) in [5.41, 5.74) is -0.196. The van der Waals surface area contributed by atoms with Gasteiger partial charge in [-0.05, 0) is 50.8 Å². The lowest BCUT2D eigenvalue weighted by Gasteiger charge is -2.15. The van der Waals surface area contributed by atoms with Gasteiger partial charge >= 0.3 is 5.69 Å². The summed E-state index contributed by atoms with van der Waals surface area (Å²) in [5.74, 6) is 0.538. The summed E-state index contributed by atoms with van der Waals surface area (Å²) < 4.78 is 1.56. The molecule has 11 heteroatoms. The Balaban J connectivity index is 1.51. The normalized spacial score (nSPS) is 16.8. The number of carbonyl (C=O) groups excluding carboxylic acids is 1. The number of hydrogen-bond donors (Lipinski definition) is 2. The van der Waals surface area contributed by atoms with Crippen LogP contribution in [0.5, 0.6) is 0 Å². The van der Waals surface area contributed by atoms with E-state index >= 15 is 0 Å². The summed E-state index contributed by atoms with van der Waals surface area (Å²) in [6.07, 6.45) is 3.68. The number of thioether (sulfide) groups is 1. The van der Waals surface area contributed by atoms with Gasteiger partial charge in [-0.2, -0.15) is 0 Å². The Morgan fingerprint density at radius 3 is 2.62 bits per heavy atom. The van der Waals surface area contributed by atoms with Gasteiger partial charge in [0.1, 0.15) is 16.2 Å². The first-order valence-electron chi connectivity index (χ1n) is 10.3. The smallest absolute Gasteiger partial charge is 0.324 e. The highest BCUT2D eigenvalue weighted by atomic mass is 35.5. The zero-order chi connectivity index (χ0) is 22.6. The fourth-order valence-corrected chi connectivity index (χ4v) is 4.87. The third kappa shape index (κ3) is 4.16. The molecule has 0 radical (unpaired) electrons. The van der Waals surface area contributed by atoms with E-state index in [-0.39, 0.29) is 23.3 Å². The summed E-state index contributed by atoms with van der Waals surface area (Å²) in [6.45, 7) is 1.72. The number of amides is 1. The molecule has 2 fully saturated rings. The summed E-state index contributed by atoms with van der Waals surface area (Å²) in [7, 11) is 0. The van der Waals surface area contributed by atoms with Gasteiger partial charge in [-0.15, -0.1) is 0 Å². The summed E-state index contributed by atoms with van der Waals surface area (Å²) >= 11 is 13.2. The third-order valence-electron chi connectivity index (χ3n) is 5.47. The van der Waals surface area contributed by atoms with E-state index in [1.54, 1.807) is 29.7 Å². The lowest BCUT2D eigenvalue weighted by Crippen LogP contribution is -2.31. The molecule has 0 bridgehead atoms. The molecule has 32 heavy (non-hydrogen) atoms. The largest absolute Gasteiger partial charge is 0.330 e. The average molecular weight is 492 g/mol. The molecule has 0 saturated heterocycles. The van der Waals surface area contributed by atoms with Crippen molar-refractivity contribution in [3.8, 4) is 0 Å². The van der Waals surface area contributed by atoms with E-state index in [4.69, 9.17) is 23.2 Å². The first kappa shape index (κ1) is 21.5. The van der Waals surface area contributed by atoms with Crippen LogP contribution >= 0.6 is 35.0 Å². The van der Waals surface area contributed by atoms with E-state index in [0.29, 0.717) is 32.2 Å². The molecule has 166 valence electrons. The van der Waals surface area contributed by atoms with Gasteiger partial charge in [0, 0.05) is 17.0 Å². The van der Waals surface area contributed by atoms with E-state index in [1.165, 1.54) is 0 Å². The number of nitrogens with one attached hydrogen (secondary N) is 2. The number of aromatic amines is 1. The molecule has 8 nitrogen and oxygen atoms in total. The van der Waals surface area contributed by atoms with Gasteiger partial charge < -0.3 is 5.32 Å². The Hall–Kier alpha value is -2.36. The van der Waals surface area contributed by atoms with Crippen molar-refractivity contribution in [2.45, 2.75) is 54.8 Å². The van der Waals surface area contributed by atoms with Crippen molar-refractivity contribution in [3.05, 3.63) is 54.9 Å². The van der Waals surface area contributed by atoms with Crippen LogP contribution in [0.2, 0.25) is 10.0 Å². The maximum absolute atomic E-state index is 12.8. The van der Waals surface area contributed by atoms with Crippen molar-refractivity contribution in [2.24, 2.45) is 0 Å². The molecule has 2 aromatic heterocycles. The standard InChI is InChI=1S/C21H19Cl2N5O3S/c1-9(18(29)24-14-7-4-11(22)8-13(14)23)32-20-15-17(25-16(26-20)10-2-3-10)28(12-5-6-12)21(31)27-19(15)30/h4,7-10,12H,2-3,5-6H2,1H3,(H,24,29)(H,27,30,31)/t9-/m1/s1. The predicted molar refractivity (Wildman–Crippen MR) is 125 cm³/mol. The van der Waals surface area contributed by atoms with Gasteiger partial charge in [0.25, 0.3) is 5.56 Å². The summed E-state index contributed by atoms with van der Waals surface area (Å²) in [6, 6.07) is 4.85. The molecule has 2 aliphatic rings. The maximum Gasteiger partial charge on any atom is 0.330 e. The van der Waals surface area contributed by atoms with Gasteiger partial charge in [0.05, 0.1) is 16.0 Å². The van der Waals surface area contributed by atoms with E-state index in [2.05, 4.69) is 20.3 Å². The number of H-pyrrole nitrogens is 1. The summed E-state index contributed by atoms with van der Waals surface area (Å²) in [5, 5.41) is 3.64. The van der Waals surface area contributed by atoms with Gasteiger partial charge in [0.15, 0.2) is 5.65 Å². The van der Waals surface area contributed by atoms with Crippen LogP contribution in [0.4, 0.5) is 5.69 Å². The Bertz CT molecular complexity index is 1360. The van der Waals surface area contributed by atoms with Crippen molar-refractivity contribution in [1.82, 2.24) is 19.5 Å². The Kier molecular flexibility index (Phi) is 5.51. The first-order chi connectivity index (χ1) is 15.3. The Morgan fingerprint density at radius 1 is 1.22 bits per heavy atom. The van der Waals surface area contributed by atoms with Gasteiger partial charge in [-0.1, -0.05) is 35.0 Å². The van der Waals surface area contributed by atoms with Crippen molar-refractivity contribution in [1.29, 1.82) is 0 Å². The zero-order valence-corrected chi connectivity index (χ0v) is 19.4. The first-order valence-corrected chi connectivity index (χ1v) is 11.9. The number of anilines is 1. The quantitative estimate of drug-likeness (QED) is 0.396. The number of halogens is 2. The molecule has 1 amide bonds. The Labute approximate surface area is 196 Å². The molecular weight excluding hydrogens is 473 g/mol. The fourth-order valence-electron chi connectivity index (χ4n) is 3.46. The lowest BCUT2D eigenvalue weighted by atomic mass is 10.3. The van der Waals surface area contributed by atoms with Crippen LogP contribution in [0.1, 0.15) is 50.4 Å². The molecule has 1 aromatic carbocycles.